The van der Waals surface area contributed by atoms with Crippen LogP contribution in [0.1, 0.15) is 29.3 Å². The molecule has 0 aromatic heterocycles. The lowest BCUT2D eigenvalue weighted by Gasteiger charge is -2.38. The van der Waals surface area contributed by atoms with Crippen LogP contribution in [-0.2, 0) is 21.2 Å². The van der Waals surface area contributed by atoms with Gasteiger partial charge in [0.15, 0.2) is 5.78 Å². The van der Waals surface area contributed by atoms with E-state index in [1.54, 1.807) is 29.2 Å². The summed E-state index contributed by atoms with van der Waals surface area (Å²) in [7, 11) is -3.40. The maximum Gasteiger partial charge on any atom is 0.242 e. The first-order chi connectivity index (χ1) is 16.1. The molecule has 8 nitrogen and oxygen atoms in total. The minimum Gasteiger partial charge on any atom is -0.366 e. The van der Waals surface area contributed by atoms with Gasteiger partial charge in [-0.1, -0.05) is 6.07 Å². The second kappa shape index (κ2) is 9.61. The highest BCUT2D eigenvalue weighted by molar-refractivity contribution is 7.92. The fourth-order valence-electron chi connectivity index (χ4n) is 4.60. The largest absolute Gasteiger partial charge is 0.366 e. The van der Waals surface area contributed by atoms with Gasteiger partial charge in [0.25, 0.3) is 0 Å². The number of piperazine rings is 1. The van der Waals surface area contributed by atoms with Crippen LogP contribution in [0.4, 0.5) is 21.5 Å². The van der Waals surface area contributed by atoms with E-state index in [4.69, 9.17) is 0 Å². The number of carbonyl (C=O) groups excluding carboxylic acids is 2. The zero-order valence-electron chi connectivity index (χ0n) is 19.4. The number of nitrogens with one attached hydrogen (secondary N) is 1. The fourth-order valence-corrected chi connectivity index (χ4v) is 5.19. The quantitative estimate of drug-likeness (QED) is 0.629. The van der Waals surface area contributed by atoms with Crippen LogP contribution >= 0.6 is 0 Å². The van der Waals surface area contributed by atoms with Gasteiger partial charge in [0, 0.05) is 44.0 Å². The molecule has 4 rings (SSSR count). The number of Topliss-reactive ketones (excluding diaryl/α,β-unsaturated/α-hetero) is 1. The van der Waals surface area contributed by atoms with Crippen molar-refractivity contribution in [3.63, 3.8) is 0 Å². The van der Waals surface area contributed by atoms with Crippen molar-refractivity contribution < 1.29 is 22.4 Å². The summed E-state index contributed by atoms with van der Waals surface area (Å²) in [6.07, 6.45) is 2.69. The number of fused-ring (bicyclic) bond motifs is 1. The third-order valence-electron chi connectivity index (χ3n) is 6.30. The van der Waals surface area contributed by atoms with E-state index in [2.05, 4.69) is 4.72 Å². The summed E-state index contributed by atoms with van der Waals surface area (Å²) < 4.78 is 40.5. The van der Waals surface area contributed by atoms with E-state index in [1.807, 2.05) is 15.9 Å². The van der Waals surface area contributed by atoms with Crippen molar-refractivity contribution in [2.24, 2.45) is 0 Å². The molecule has 0 spiro atoms. The van der Waals surface area contributed by atoms with Crippen LogP contribution in [-0.4, -0.2) is 70.5 Å². The van der Waals surface area contributed by atoms with Gasteiger partial charge in [0.2, 0.25) is 15.9 Å². The van der Waals surface area contributed by atoms with Crippen LogP contribution in [0.5, 0.6) is 0 Å². The molecule has 1 saturated heterocycles. The van der Waals surface area contributed by atoms with Crippen LogP contribution in [0, 0.1) is 5.82 Å². The smallest absolute Gasteiger partial charge is 0.242 e. The van der Waals surface area contributed by atoms with Gasteiger partial charge in [0.1, 0.15) is 5.82 Å². The average molecular weight is 489 g/mol. The number of anilines is 3. The van der Waals surface area contributed by atoms with Gasteiger partial charge in [-0.25, -0.2) is 12.8 Å². The standard InChI is InChI=1S/C24H29FN4O4S/c1-17(30)18-8-9-23(20(25)15-18)27-11-13-28(14-12-27)24(31)16-29-10-4-5-19-21(26-34(2,32)33)6-3-7-22(19)29/h3,6-9,15,26H,4-5,10-14,16H2,1-2H3. The van der Waals surface area contributed by atoms with E-state index in [0.717, 1.165) is 36.9 Å². The molecule has 10 heteroatoms. The number of halogens is 1. The van der Waals surface area contributed by atoms with Crippen molar-refractivity contribution in [3.05, 3.63) is 53.3 Å². The Morgan fingerprint density at radius 3 is 2.41 bits per heavy atom. The van der Waals surface area contributed by atoms with Crippen molar-refractivity contribution in [3.8, 4) is 0 Å². The zero-order valence-corrected chi connectivity index (χ0v) is 20.2. The predicted octanol–water partition coefficient (Wildman–Crippen LogP) is 2.50. The van der Waals surface area contributed by atoms with E-state index < -0.39 is 15.8 Å². The molecule has 2 aliphatic rings. The Bertz CT molecular complexity index is 1210. The van der Waals surface area contributed by atoms with Gasteiger partial charge in [-0.2, -0.15) is 0 Å². The highest BCUT2D eigenvalue weighted by Gasteiger charge is 2.27. The molecular formula is C24H29FN4O4S. The highest BCUT2D eigenvalue weighted by atomic mass is 32.2. The zero-order chi connectivity index (χ0) is 24.5. The summed E-state index contributed by atoms with van der Waals surface area (Å²) in [6.45, 7) is 4.28. The van der Waals surface area contributed by atoms with Gasteiger partial charge >= 0.3 is 0 Å². The van der Waals surface area contributed by atoms with Gasteiger partial charge in [-0.3, -0.25) is 14.3 Å². The molecule has 0 bridgehead atoms. The topological polar surface area (TPSA) is 90.0 Å². The van der Waals surface area contributed by atoms with E-state index in [-0.39, 0.29) is 18.2 Å². The van der Waals surface area contributed by atoms with Crippen LogP contribution in [0.3, 0.4) is 0 Å². The van der Waals surface area contributed by atoms with Gasteiger partial charge in [-0.15, -0.1) is 0 Å². The SMILES string of the molecule is CC(=O)c1ccc(N2CCN(C(=O)CN3CCCc4c(NS(C)(=O)=O)cccc43)CC2)c(F)c1. The second-order valence-electron chi connectivity index (χ2n) is 8.79. The summed E-state index contributed by atoms with van der Waals surface area (Å²) in [4.78, 5) is 30.2. The highest BCUT2D eigenvalue weighted by Crippen LogP contribution is 2.33. The Balaban J connectivity index is 1.40. The molecule has 2 heterocycles. The number of hydrogen-bond donors (Lipinski definition) is 1. The molecule has 0 atom stereocenters. The Morgan fingerprint density at radius 2 is 1.76 bits per heavy atom. The number of sulfonamides is 1. The lowest BCUT2D eigenvalue weighted by molar-refractivity contribution is -0.130. The van der Waals surface area contributed by atoms with Crippen molar-refractivity contribution in [2.75, 3.05) is 60.0 Å². The maximum absolute atomic E-state index is 14.5. The number of nitrogens with zero attached hydrogens (tertiary/aromatic N) is 3. The molecule has 0 unspecified atom stereocenters. The van der Waals surface area contributed by atoms with Gasteiger partial charge < -0.3 is 14.7 Å². The van der Waals surface area contributed by atoms with Crippen molar-refractivity contribution >= 4 is 38.8 Å². The number of ketones is 1. The molecule has 0 radical (unpaired) electrons. The van der Waals surface area contributed by atoms with E-state index in [0.29, 0.717) is 43.1 Å². The molecule has 0 saturated carbocycles. The van der Waals surface area contributed by atoms with Crippen LogP contribution in [0.15, 0.2) is 36.4 Å². The average Bonchev–Trinajstić information content (AvgIpc) is 2.78. The van der Waals surface area contributed by atoms with Crippen molar-refractivity contribution in [1.29, 1.82) is 0 Å². The van der Waals surface area contributed by atoms with Crippen molar-refractivity contribution in [2.45, 2.75) is 19.8 Å². The lowest BCUT2D eigenvalue weighted by Crippen LogP contribution is -2.52. The summed E-state index contributed by atoms with van der Waals surface area (Å²) in [6, 6.07) is 9.96. The molecule has 34 heavy (non-hydrogen) atoms. The molecule has 0 aliphatic carbocycles. The molecule has 2 aromatic rings. The Hall–Kier alpha value is -3.14. The second-order valence-corrected chi connectivity index (χ2v) is 10.5. The van der Waals surface area contributed by atoms with Crippen LogP contribution < -0.4 is 14.5 Å². The molecule has 1 amide bonds. The Kier molecular flexibility index (Phi) is 6.79. The number of benzene rings is 2. The van der Waals surface area contributed by atoms with Crippen molar-refractivity contribution in [1.82, 2.24) is 4.90 Å². The summed E-state index contributed by atoms with van der Waals surface area (Å²) in [5, 5.41) is 0. The molecule has 1 fully saturated rings. The minimum atomic E-state index is -3.40. The minimum absolute atomic E-state index is 0.0126. The molecule has 2 aromatic carbocycles. The van der Waals surface area contributed by atoms with Gasteiger partial charge in [-0.05, 0) is 55.7 Å². The first kappa shape index (κ1) is 24.0. The Morgan fingerprint density at radius 1 is 1.03 bits per heavy atom. The maximum atomic E-state index is 14.5. The normalized spacial score (nSPS) is 16.3. The van der Waals surface area contributed by atoms with E-state index in [9.17, 15) is 22.4 Å². The van der Waals surface area contributed by atoms with Gasteiger partial charge in [0.05, 0.1) is 24.2 Å². The fraction of sp³-hybridized carbons (Fsp3) is 0.417. The van der Waals surface area contributed by atoms with E-state index in [1.165, 1.54) is 13.0 Å². The lowest BCUT2D eigenvalue weighted by atomic mass is 10.00. The monoisotopic (exact) mass is 488 g/mol. The first-order valence-corrected chi connectivity index (χ1v) is 13.2. The van der Waals surface area contributed by atoms with E-state index >= 15 is 0 Å². The number of amides is 1. The predicted molar refractivity (Wildman–Crippen MR) is 131 cm³/mol. The summed E-state index contributed by atoms with van der Waals surface area (Å²) in [5.41, 5.74) is 3.11. The third-order valence-corrected chi connectivity index (χ3v) is 6.89. The number of hydrogen-bond acceptors (Lipinski definition) is 6. The number of rotatable bonds is 6. The van der Waals surface area contributed by atoms with Crippen LogP contribution in [0.25, 0.3) is 0 Å². The molecule has 2 aliphatic heterocycles. The van der Waals surface area contributed by atoms with Crippen LogP contribution in [0.2, 0.25) is 0 Å². The molecule has 182 valence electrons. The summed E-state index contributed by atoms with van der Waals surface area (Å²) in [5.74, 6) is -0.628. The number of carbonyl (C=O) groups is 2. The molecular weight excluding hydrogens is 459 g/mol. The molecule has 1 N–H and O–H groups in total. The first-order valence-electron chi connectivity index (χ1n) is 11.3. The Labute approximate surface area is 199 Å². The third kappa shape index (κ3) is 5.32. The summed E-state index contributed by atoms with van der Waals surface area (Å²) >= 11 is 0.